The van der Waals surface area contributed by atoms with Gasteiger partial charge in [0.2, 0.25) is 0 Å². The van der Waals surface area contributed by atoms with E-state index in [0.29, 0.717) is 0 Å². The predicted molar refractivity (Wildman–Crippen MR) is 112 cm³/mol. The van der Waals surface area contributed by atoms with Gasteiger partial charge in [-0.05, 0) is 26.0 Å². The molecule has 0 fully saturated rings. The van der Waals surface area contributed by atoms with Gasteiger partial charge in [-0.3, -0.25) is 4.79 Å². The van der Waals surface area contributed by atoms with Crippen LogP contribution in [0.15, 0.2) is 78.9 Å². The molecule has 3 aromatic carbocycles. The van der Waals surface area contributed by atoms with Crippen molar-refractivity contribution in [3.05, 3.63) is 95.6 Å². The van der Waals surface area contributed by atoms with Crippen molar-refractivity contribution in [1.29, 1.82) is 0 Å². The molecule has 0 bridgehead atoms. The molecule has 28 heavy (non-hydrogen) atoms. The summed E-state index contributed by atoms with van der Waals surface area (Å²) in [6.07, 6.45) is 0. The van der Waals surface area contributed by atoms with E-state index in [1.807, 2.05) is 49.4 Å². The van der Waals surface area contributed by atoms with Crippen LogP contribution in [0.5, 0.6) is 5.75 Å². The van der Waals surface area contributed by atoms with Gasteiger partial charge in [0.1, 0.15) is 11.8 Å². The third-order valence-electron chi connectivity index (χ3n) is 4.83. The zero-order chi connectivity index (χ0) is 19.9. The number of ether oxygens (including phenoxy) is 1. The number of carbonyl (C=O) groups excluding carboxylic acids is 1. The lowest BCUT2D eigenvalue weighted by atomic mass is 9.97. The Morgan fingerprint density at radius 2 is 1.61 bits per heavy atom. The largest absolute Gasteiger partial charge is 0.497 e. The van der Waals surface area contributed by atoms with E-state index in [1.165, 1.54) is 16.7 Å². The SMILES string of the molecule is COc1cccc(NC(=O)[C@@H](C)[NH2+][C@H](c2ccccc2)c2ccc(C)cc2)c1. The van der Waals surface area contributed by atoms with Crippen molar-refractivity contribution in [2.75, 3.05) is 12.4 Å². The van der Waals surface area contributed by atoms with Crippen LogP contribution in [-0.4, -0.2) is 19.1 Å². The fourth-order valence-corrected chi connectivity index (χ4v) is 3.18. The molecule has 0 heterocycles. The summed E-state index contributed by atoms with van der Waals surface area (Å²) in [7, 11) is 1.61. The third kappa shape index (κ3) is 4.99. The van der Waals surface area contributed by atoms with Gasteiger partial charge >= 0.3 is 0 Å². The summed E-state index contributed by atoms with van der Waals surface area (Å²) in [5.74, 6) is 0.678. The van der Waals surface area contributed by atoms with Gasteiger partial charge in [0, 0.05) is 22.9 Å². The summed E-state index contributed by atoms with van der Waals surface area (Å²) in [4.78, 5) is 12.8. The second-order valence-electron chi connectivity index (χ2n) is 7.00. The first-order valence-electron chi connectivity index (χ1n) is 9.48. The second kappa shape index (κ2) is 9.20. The topological polar surface area (TPSA) is 54.9 Å². The second-order valence-corrected chi connectivity index (χ2v) is 7.00. The molecule has 144 valence electrons. The fourth-order valence-electron chi connectivity index (χ4n) is 3.18. The van der Waals surface area contributed by atoms with Gasteiger partial charge in [0.15, 0.2) is 6.04 Å². The molecule has 0 radical (unpaired) electrons. The van der Waals surface area contributed by atoms with Crippen LogP contribution in [0.2, 0.25) is 0 Å². The van der Waals surface area contributed by atoms with Crippen LogP contribution < -0.4 is 15.4 Å². The van der Waals surface area contributed by atoms with Gasteiger partial charge in [-0.2, -0.15) is 0 Å². The highest BCUT2D eigenvalue weighted by Gasteiger charge is 2.24. The summed E-state index contributed by atoms with van der Waals surface area (Å²) in [5.41, 5.74) is 4.31. The van der Waals surface area contributed by atoms with Crippen LogP contribution in [-0.2, 0) is 4.79 Å². The number of nitrogens with two attached hydrogens (primary N) is 1. The van der Waals surface area contributed by atoms with Gasteiger partial charge in [-0.25, -0.2) is 0 Å². The van der Waals surface area contributed by atoms with E-state index in [2.05, 4.69) is 54.0 Å². The highest BCUT2D eigenvalue weighted by molar-refractivity contribution is 5.93. The number of hydrogen-bond acceptors (Lipinski definition) is 2. The fraction of sp³-hybridized carbons (Fsp3) is 0.208. The third-order valence-corrected chi connectivity index (χ3v) is 4.83. The quantitative estimate of drug-likeness (QED) is 0.662. The van der Waals surface area contributed by atoms with Crippen molar-refractivity contribution in [3.8, 4) is 5.75 Å². The summed E-state index contributed by atoms with van der Waals surface area (Å²) in [5, 5.41) is 5.09. The van der Waals surface area contributed by atoms with Crippen LogP contribution in [0.4, 0.5) is 5.69 Å². The molecule has 0 unspecified atom stereocenters. The van der Waals surface area contributed by atoms with E-state index in [0.717, 1.165) is 11.4 Å². The Hall–Kier alpha value is -3.11. The van der Waals surface area contributed by atoms with Crippen molar-refractivity contribution in [1.82, 2.24) is 0 Å². The van der Waals surface area contributed by atoms with Gasteiger partial charge in [0.05, 0.1) is 7.11 Å². The molecule has 0 spiro atoms. The smallest absolute Gasteiger partial charge is 0.282 e. The van der Waals surface area contributed by atoms with Crippen LogP contribution in [0.3, 0.4) is 0 Å². The number of benzene rings is 3. The van der Waals surface area contributed by atoms with Crippen molar-refractivity contribution in [3.63, 3.8) is 0 Å². The zero-order valence-electron chi connectivity index (χ0n) is 16.6. The summed E-state index contributed by atoms with van der Waals surface area (Å²) >= 11 is 0. The summed E-state index contributed by atoms with van der Waals surface area (Å²) < 4.78 is 5.23. The number of carbonyl (C=O) groups is 1. The molecule has 0 aliphatic carbocycles. The van der Waals surface area contributed by atoms with Crippen molar-refractivity contribution < 1.29 is 14.8 Å². The first-order chi connectivity index (χ1) is 13.6. The van der Waals surface area contributed by atoms with Crippen LogP contribution >= 0.6 is 0 Å². The number of methoxy groups -OCH3 is 1. The van der Waals surface area contributed by atoms with Gasteiger partial charge < -0.3 is 15.4 Å². The van der Waals surface area contributed by atoms with E-state index in [-0.39, 0.29) is 18.0 Å². The molecule has 3 N–H and O–H groups in total. The van der Waals surface area contributed by atoms with E-state index in [4.69, 9.17) is 4.74 Å². The number of nitrogens with one attached hydrogen (secondary N) is 1. The van der Waals surface area contributed by atoms with Crippen molar-refractivity contribution in [2.24, 2.45) is 0 Å². The normalized spacial score (nSPS) is 12.8. The maximum atomic E-state index is 12.8. The highest BCUT2D eigenvalue weighted by Crippen LogP contribution is 2.20. The molecule has 4 nitrogen and oxygen atoms in total. The van der Waals surface area contributed by atoms with E-state index < -0.39 is 0 Å². The Morgan fingerprint density at radius 1 is 0.929 bits per heavy atom. The molecular formula is C24H27N2O2+. The first-order valence-corrected chi connectivity index (χ1v) is 9.48. The minimum absolute atomic E-state index is 0.0405. The Labute approximate surface area is 166 Å². The minimum Gasteiger partial charge on any atom is -0.497 e. The Morgan fingerprint density at radius 3 is 2.29 bits per heavy atom. The van der Waals surface area contributed by atoms with E-state index in [1.54, 1.807) is 7.11 Å². The van der Waals surface area contributed by atoms with Gasteiger partial charge in [0.25, 0.3) is 5.91 Å². The molecule has 4 heteroatoms. The zero-order valence-corrected chi connectivity index (χ0v) is 16.6. The first kappa shape index (κ1) is 19.6. The molecule has 0 saturated heterocycles. The standard InChI is InChI=1S/C24H26N2O2/c1-17-12-14-20(15-13-17)23(19-8-5-4-6-9-19)25-18(2)24(27)26-21-10-7-11-22(16-21)28-3/h4-16,18,23,25H,1-3H3,(H,26,27)/p+1/t18-,23-/m1/s1. The number of aryl methyl sites for hydroxylation is 1. The summed E-state index contributed by atoms with van der Waals surface area (Å²) in [6, 6.07) is 26.0. The van der Waals surface area contributed by atoms with Gasteiger partial charge in [-0.15, -0.1) is 0 Å². The van der Waals surface area contributed by atoms with Crippen molar-refractivity contribution in [2.45, 2.75) is 25.9 Å². The molecule has 1 amide bonds. The van der Waals surface area contributed by atoms with Crippen LogP contribution in [0.25, 0.3) is 0 Å². The summed E-state index contributed by atoms with van der Waals surface area (Å²) in [6.45, 7) is 4.01. The lowest BCUT2D eigenvalue weighted by Crippen LogP contribution is -2.92. The minimum atomic E-state index is -0.266. The number of amides is 1. The number of rotatable bonds is 7. The molecular weight excluding hydrogens is 348 g/mol. The average molecular weight is 375 g/mol. The molecule has 3 rings (SSSR count). The lowest BCUT2D eigenvalue weighted by molar-refractivity contribution is -0.704. The Kier molecular flexibility index (Phi) is 6.45. The van der Waals surface area contributed by atoms with Gasteiger partial charge in [-0.1, -0.05) is 66.2 Å². The Balaban J connectivity index is 1.77. The van der Waals surface area contributed by atoms with E-state index in [9.17, 15) is 4.79 Å². The number of quaternary nitrogens is 1. The average Bonchev–Trinajstić information content (AvgIpc) is 2.73. The molecule has 0 aliphatic heterocycles. The molecule has 2 atom stereocenters. The molecule has 3 aromatic rings. The molecule has 0 saturated carbocycles. The van der Waals surface area contributed by atoms with Crippen LogP contribution in [0.1, 0.15) is 29.7 Å². The monoisotopic (exact) mass is 375 g/mol. The number of anilines is 1. The molecule has 0 aliphatic rings. The highest BCUT2D eigenvalue weighted by atomic mass is 16.5. The van der Waals surface area contributed by atoms with Crippen molar-refractivity contribution >= 4 is 11.6 Å². The number of hydrogen-bond donors (Lipinski definition) is 2. The lowest BCUT2D eigenvalue weighted by Gasteiger charge is -2.21. The maximum Gasteiger partial charge on any atom is 0.282 e. The Bertz CT molecular complexity index is 907. The van der Waals surface area contributed by atoms with E-state index >= 15 is 0 Å². The van der Waals surface area contributed by atoms with Crippen LogP contribution in [0, 0.1) is 6.92 Å². The predicted octanol–water partition coefficient (Wildman–Crippen LogP) is 3.68. The molecule has 0 aromatic heterocycles. The maximum absolute atomic E-state index is 12.8.